The number of esters is 1. The van der Waals surface area contributed by atoms with Crippen LogP contribution in [0.3, 0.4) is 0 Å². The van der Waals surface area contributed by atoms with E-state index >= 15 is 0 Å². The second-order valence-electron chi connectivity index (χ2n) is 23.8. The van der Waals surface area contributed by atoms with Crippen molar-refractivity contribution < 1.29 is 91.2 Å². The van der Waals surface area contributed by atoms with Crippen molar-refractivity contribution >= 4 is 51.7 Å². The van der Waals surface area contributed by atoms with Crippen LogP contribution in [0.1, 0.15) is 180 Å². The maximum absolute atomic E-state index is 13.5. The number of nitrogens with zero attached hydrogens (tertiary/aromatic N) is 8. The summed E-state index contributed by atoms with van der Waals surface area (Å²) in [5, 5.41) is 9.13. The van der Waals surface area contributed by atoms with Crippen molar-refractivity contribution in [2.75, 3.05) is 42.6 Å². The first-order valence-electron chi connectivity index (χ1n) is 30.0. The summed E-state index contributed by atoms with van der Waals surface area (Å²) in [4.78, 5) is 74.4. The minimum atomic E-state index is -5.04. The fraction of sp³-hybridized carbons (Fsp3) is 0.607. The minimum Gasteiger partial charge on any atom is -0.481 e. The lowest BCUT2D eigenvalue weighted by Gasteiger charge is -2.33. The predicted molar refractivity (Wildman–Crippen MR) is 305 cm³/mol. The van der Waals surface area contributed by atoms with E-state index in [0.717, 1.165) is 69.9 Å². The second kappa shape index (κ2) is 28.5. The molecule has 16 nitrogen and oxygen atoms in total. The number of benzene rings is 2. The molecule has 0 spiro atoms. The van der Waals surface area contributed by atoms with Gasteiger partial charge in [0.15, 0.2) is 11.6 Å². The summed E-state index contributed by atoms with van der Waals surface area (Å²) in [6.07, 6.45) is -12.0. The number of carboxylic acids is 1. The number of carbonyl (C=O) groups excluding carboxylic acids is 3. The summed E-state index contributed by atoms with van der Waals surface area (Å²) in [6.45, 7) is 11.3. The van der Waals surface area contributed by atoms with Crippen molar-refractivity contribution in [2.45, 2.75) is 180 Å². The highest BCUT2D eigenvalue weighted by Crippen LogP contribution is 2.45. The molecule has 3 aliphatic carbocycles. The van der Waals surface area contributed by atoms with Gasteiger partial charge in [0.05, 0.1) is 72.1 Å². The lowest BCUT2D eigenvalue weighted by atomic mass is 9.80. The van der Waals surface area contributed by atoms with E-state index in [4.69, 9.17) is 29.3 Å². The number of ether oxygens (including phenoxy) is 3. The van der Waals surface area contributed by atoms with Gasteiger partial charge in [-0.3, -0.25) is 24.4 Å². The van der Waals surface area contributed by atoms with Crippen LogP contribution in [0, 0.1) is 23.7 Å². The Hall–Kier alpha value is -6.68. The molecule has 4 atom stereocenters. The maximum atomic E-state index is 13.5. The van der Waals surface area contributed by atoms with Crippen molar-refractivity contribution in [3.8, 4) is 0 Å². The zero-order chi connectivity index (χ0) is 65.8. The molecular weight excluding hydrogens is 1280 g/mol. The summed E-state index contributed by atoms with van der Waals surface area (Å²) in [5.74, 6) is 1.38. The fourth-order valence-corrected chi connectivity index (χ4v) is 12.7. The van der Waals surface area contributed by atoms with E-state index in [0.29, 0.717) is 103 Å². The molecule has 3 saturated carbocycles. The molecule has 4 heterocycles. The zero-order valence-corrected chi connectivity index (χ0v) is 51.6. The molecule has 29 heteroatoms. The van der Waals surface area contributed by atoms with Crippen molar-refractivity contribution in [2.24, 2.45) is 23.7 Å². The van der Waals surface area contributed by atoms with Crippen molar-refractivity contribution in [1.29, 1.82) is 0 Å². The fourth-order valence-electron chi connectivity index (χ4n) is 12.4. The van der Waals surface area contributed by atoms with Crippen LogP contribution in [0.15, 0.2) is 53.4 Å². The molecule has 2 amide bonds. The van der Waals surface area contributed by atoms with Gasteiger partial charge in [-0.05, 0) is 186 Å². The van der Waals surface area contributed by atoms with E-state index in [1.807, 2.05) is 18.7 Å². The molecule has 2 aliphatic heterocycles. The number of rotatable bonds is 20. The standard InChI is InChI=1S/C31H36F6N4O4.C30H35BrF6N4O4/c1-3-40(15-19-6-4-18(5-7-19)10-26(42)43)28-25(39-24(14-38-28)20-8-9-20)16-41-17(2)27(45-29(41)44)21-11-22(30(32,33)34)13-23(12-21)31(35,36)37;1-4-40(15-19-8-6-18(7-9-19)10-25(42)44-5-2)27-23(39-24(31)14-38-27)16-41-17(3)26(45-28(41)43)20-11-21(29(32,33)34)13-22(12-20)30(35,36)37/h11-14,17-20,27H,3-10,15-16H2,1-2H3,(H,42,43);11-14,17-19,26H,4-10,15-16H2,1-3H3/t17-,18?,19?,27?;17-,18?,19?,26?/m00/s1. The Morgan fingerprint density at radius 3 is 1.32 bits per heavy atom. The predicted octanol–water partition coefficient (Wildman–Crippen LogP) is 15.5. The van der Waals surface area contributed by atoms with Gasteiger partial charge in [-0.2, -0.15) is 52.7 Å². The van der Waals surface area contributed by atoms with E-state index in [9.17, 15) is 71.9 Å². The highest BCUT2D eigenvalue weighted by Gasteiger charge is 2.46. The number of aliphatic carboxylic acids is 1. The Morgan fingerprint density at radius 1 is 0.578 bits per heavy atom. The van der Waals surface area contributed by atoms with Crippen LogP contribution in [0.25, 0.3) is 0 Å². The summed E-state index contributed by atoms with van der Waals surface area (Å²) < 4.78 is 178. The van der Waals surface area contributed by atoms with Gasteiger partial charge in [0.2, 0.25) is 0 Å². The average Bonchev–Trinajstić information content (AvgIpc) is 1.58. The maximum Gasteiger partial charge on any atom is 0.416 e. The lowest BCUT2D eigenvalue weighted by Crippen LogP contribution is -2.36. The number of aromatic nitrogens is 4. The number of amides is 2. The molecule has 2 aromatic heterocycles. The van der Waals surface area contributed by atoms with Gasteiger partial charge in [-0.15, -0.1) is 0 Å². The van der Waals surface area contributed by atoms with Gasteiger partial charge >= 0.3 is 48.8 Å². The number of halogens is 13. The third-order valence-corrected chi connectivity index (χ3v) is 17.8. The number of alkyl halides is 12. The van der Waals surface area contributed by atoms with Crippen LogP contribution in [0.4, 0.5) is 73.9 Å². The van der Waals surface area contributed by atoms with Gasteiger partial charge in [0.1, 0.15) is 28.2 Å². The molecule has 90 heavy (non-hydrogen) atoms. The number of hydrogen-bond donors (Lipinski definition) is 1. The first-order valence-corrected chi connectivity index (χ1v) is 30.8. The largest absolute Gasteiger partial charge is 0.481 e. The summed E-state index contributed by atoms with van der Waals surface area (Å²) in [6, 6.07) is 0.618. The topological polar surface area (TPSA) is 181 Å². The lowest BCUT2D eigenvalue weighted by molar-refractivity contribution is -0.145. The van der Waals surface area contributed by atoms with Crippen molar-refractivity contribution in [3.05, 3.63) is 104 Å². The number of hydrogen-bond acceptors (Lipinski definition) is 13. The summed E-state index contributed by atoms with van der Waals surface area (Å²) in [7, 11) is 0. The molecule has 2 saturated heterocycles. The zero-order valence-electron chi connectivity index (χ0n) is 50.0. The Balaban J connectivity index is 0.000000232. The van der Waals surface area contributed by atoms with Crippen LogP contribution in [-0.2, 0) is 61.6 Å². The average molecular weight is 1350 g/mol. The van der Waals surface area contributed by atoms with E-state index in [1.54, 1.807) is 13.1 Å². The molecule has 5 fully saturated rings. The summed E-state index contributed by atoms with van der Waals surface area (Å²) >= 11 is 3.31. The second-order valence-corrected chi connectivity index (χ2v) is 24.6. The van der Waals surface area contributed by atoms with Crippen molar-refractivity contribution in [3.63, 3.8) is 0 Å². The van der Waals surface area contributed by atoms with E-state index in [-0.39, 0.29) is 55.4 Å². The third kappa shape index (κ3) is 17.5. The van der Waals surface area contributed by atoms with E-state index < -0.39 is 101 Å². The Bertz CT molecular complexity index is 3120. The molecule has 4 aromatic rings. The molecule has 0 bridgehead atoms. The number of cyclic esters (lactones) is 2. The van der Waals surface area contributed by atoms with Gasteiger partial charge < -0.3 is 29.1 Å². The molecular formula is C61H71BrF12N8O8. The van der Waals surface area contributed by atoms with Crippen LogP contribution in [-0.4, -0.2) is 104 Å². The van der Waals surface area contributed by atoms with E-state index in [1.165, 1.54) is 29.8 Å². The van der Waals surface area contributed by atoms with Crippen LogP contribution < -0.4 is 9.80 Å². The molecule has 9 rings (SSSR count). The quantitative estimate of drug-likeness (QED) is 0.0501. The van der Waals surface area contributed by atoms with E-state index in [2.05, 4.69) is 30.8 Å². The Kier molecular flexibility index (Phi) is 21.9. The van der Waals surface area contributed by atoms with Crippen LogP contribution in [0.5, 0.6) is 0 Å². The van der Waals surface area contributed by atoms with Gasteiger partial charge in [-0.1, -0.05) is 0 Å². The smallest absolute Gasteiger partial charge is 0.416 e. The van der Waals surface area contributed by atoms with Gasteiger partial charge in [0.25, 0.3) is 0 Å². The number of carboxylic acid groups (broad SMARTS) is 1. The molecule has 1 N–H and O–H groups in total. The minimum absolute atomic E-state index is 0.0399. The van der Waals surface area contributed by atoms with Gasteiger partial charge in [-0.25, -0.2) is 24.5 Å². The number of anilines is 2. The monoisotopic (exact) mass is 1350 g/mol. The molecule has 0 radical (unpaired) electrons. The normalized spacial score (nSPS) is 23.2. The van der Waals surface area contributed by atoms with Crippen LogP contribution >= 0.6 is 15.9 Å². The highest BCUT2D eigenvalue weighted by molar-refractivity contribution is 9.10. The molecule has 5 aliphatic rings. The van der Waals surface area contributed by atoms with Gasteiger partial charge in [0, 0.05) is 44.9 Å². The summed E-state index contributed by atoms with van der Waals surface area (Å²) in [5.41, 5.74) is -5.09. The highest BCUT2D eigenvalue weighted by atomic mass is 79.9. The molecule has 2 unspecified atom stereocenters. The first-order chi connectivity index (χ1) is 42.2. The molecule has 2 aromatic carbocycles. The number of carbonyl (C=O) groups is 4. The van der Waals surface area contributed by atoms with Crippen LogP contribution in [0.2, 0.25) is 0 Å². The molecule has 494 valence electrons. The first kappa shape index (κ1) is 69.2. The Morgan fingerprint density at radius 2 is 0.956 bits per heavy atom. The van der Waals surface area contributed by atoms with Crippen molar-refractivity contribution in [1.82, 2.24) is 29.7 Å². The third-order valence-electron chi connectivity index (χ3n) is 17.4. The Labute approximate surface area is 520 Å². The SMILES string of the molecule is CCN(CC1CCC(CC(=O)O)CC1)c1ncc(C2CC2)nc1CN1C(=O)OC(c2cc(C(F)(F)F)cc(C(F)(F)F)c2)[C@@H]1C.CCOC(=O)CC1CCC(CN(CC)c2ncc(Br)nc2CN2C(=O)OC(c3cc(C(F)(F)F)cc(C(F)(F)F)c3)[C@@H]2C)CC1.